The van der Waals surface area contributed by atoms with Crippen molar-refractivity contribution in [3.63, 3.8) is 0 Å². The molecule has 0 radical (unpaired) electrons. The Morgan fingerprint density at radius 2 is 1.84 bits per heavy atom. The lowest BCUT2D eigenvalue weighted by Crippen LogP contribution is -2.11. The van der Waals surface area contributed by atoms with Gasteiger partial charge in [-0.2, -0.15) is 13.2 Å². The number of hydrogen-bond acceptors (Lipinski definition) is 3. The molecule has 1 aromatic heterocycles. The van der Waals surface area contributed by atoms with E-state index in [2.05, 4.69) is 15.3 Å². The van der Waals surface area contributed by atoms with Crippen molar-refractivity contribution < 1.29 is 13.2 Å². The zero-order chi connectivity index (χ0) is 14.0. The van der Waals surface area contributed by atoms with Gasteiger partial charge in [0.25, 0.3) is 0 Å². The van der Waals surface area contributed by atoms with Crippen LogP contribution in [0.25, 0.3) is 11.3 Å². The van der Waals surface area contributed by atoms with Crippen molar-refractivity contribution in [3.05, 3.63) is 41.6 Å². The first kappa shape index (κ1) is 13.3. The molecule has 3 nitrogen and oxygen atoms in total. The van der Waals surface area contributed by atoms with E-state index in [0.717, 1.165) is 11.6 Å². The molecule has 1 N–H and O–H groups in total. The predicted octanol–water partition coefficient (Wildman–Crippen LogP) is 3.51. The molecule has 2 aromatic rings. The lowest BCUT2D eigenvalue weighted by molar-refractivity contribution is -0.141. The monoisotopic (exact) mass is 267 g/mol. The summed E-state index contributed by atoms with van der Waals surface area (Å²) in [5.41, 5.74) is 0.874. The van der Waals surface area contributed by atoms with Crippen molar-refractivity contribution in [3.8, 4) is 11.3 Å². The highest BCUT2D eigenvalue weighted by Crippen LogP contribution is 2.31. The van der Waals surface area contributed by atoms with E-state index in [-0.39, 0.29) is 11.6 Å². The fourth-order valence-electron chi connectivity index (χ4n) is 1.66. The van der Waals surface area contributed by atoms with Crippen LogP contribution in [-0.4, -0.2) is 17.0 Å². The van der Waals surface area contributed by atoms with Crippen molar-refractivity contribution in [1.82, 2.24) is 9.97 Å². The first-order valence-electron chi connectivity index (χ1n) is 5.61. The van der Waals surface area contributed by atoms with E-state index >= 15 is 0 Å². The molecule has 0 bridgehead atoms. The quantitative estimate of drug-likeness (QED) is 0.904. The van der Waals surface area contributed by atoms with Crippen molar-refractivity contribution in [2.75, 3.05) is 12.4 Å². The summed E-state index contributed by atoms with van der Waals surface area (Å²) in [7, 11) is 1.48. The topological polar surface area (TPSA) is 37.8 Å². The first-order chi connectivity index (χ1) is 8.90. The summed E-state index contributed by atoms with van der Waals surface area (Å²) in [6.45, 7) is 1.87. The summed E-state index contributed by atoms with van der Waals surface area (Å²) < 4.78 is 38.3. The molecule has 0 saturated heterocycles. The maximum atomic E-state index is 12.8. The third-order valence-electron chi connectivity index (χ3n) is 2.55. The van der Waals surface area contributed by atoms with Gasteiger partial charge in [-0.15, -0.1) is 0 Å². The summed E-state index contributed by atoms with van der Waals surface area (Å²) in [5, 5.41) is 2.54. The molecule has 1 aromatic carbocycles. The molecule has 100 valence electrons. The maximum Gasteiger partial charge on any atom is 0.433 e. The zero-order valence-electron chi connectivity index (χ0n) is 10.4. The van der Waals surface area contributed by atoms with Gasteiger partial charge in [0.15, 0.2) is 5.69 Å². The Kier molecular flexibility index (Phi) is 3.42. The van der Waals surface area contributed by atoms with Crippen molar-refractivity contribution in [2.24, 2.45) is 0 Å². The number of aromatic nitrogens is 2. The summed E-state index contributed by atoms with van der Waals surface area (Å²) in [6, 6.07) is 8.10. The van der Waals surface area contributed by atoms with Gasteiger partial charge in [0, 0.05) is 12.6 Å². The van der Waals surface area contributed by atoms with E-state index in [1.54, 1.807) is 18.2 Å². The number of anilines is 1. The molecule has 0 amide bonds. The van der Waals surface area contributed by atoms with Crippen LogP contribution in [0.4, 0.5) is 19.1 Å². The number of alkyl halides is 3. The lowest BCUT2D eigenvalue weighted by atomic mass is 10.1. The fraction of sp³-hybridized carbons (Fsp3) is 0.231. The highest BCUT2D eigenvalue weighted by atomic mass is 19.4. The van der Waals surface area contributed by atoms with Gasteiger partial charge in [-0.1, -0.05) is 23.8 Å². The number of aryl methyl sites for hydroxylation is 1. The molecule has 0 unspecified atom stereocenters. The van der Waals surface area contributed by atoms with Crippen LogP contribution in [0.15, 0.2) is 30.3 Å². The van der Waals surface area contributed by atoms with Gasteiger partial charge in [0.1, 0.15) is 0 Å². The molecule has 1 heterocycles. The van der Waals surface area contributed by atoms with Crippen molar-refractivity contribution in [1.29, 1.82) is 0 Å². The van der Waals surface area contributed by atoms with Gasteiger partial charge in [-0.05, 0) is 19.1 Å². The third kappa shape index (κ3) is 3.01. The molecule has 2 rings (SSSR count). The van der Waals surface area contributed by atoms with Crippen molar-refractivity contribution in [2.45, 2.75) is 13.1 Å². The molecule has 0 aliphatic rings. The SMILES string of the molecule is CNc1nc(-c2cccc(C)c2)cc(C(F)(F)F)n1. The number of benzene rings is 1. The van der Waals surface area contributed by atoms with Gasteiger partial charge < -0.3 is 5.32 Å². The Bertz CT molecular complexity index is 594. The van der Waals surface area contributed by atoms with Crippen LogP contribution in [0.1, 0.15) is 11.3 Å². The summed E-state index contributed by atoms with van der Waals surface area (Å²) in [6.07, 6.45) is -4.49. The molecule has 0 atom stereocenters. The Morgan fingerprint density at radius 3 is 2.42 bits per heavy atom. The molecule has 0 saturated carbocycles. The number of hydrogen-bond donors (Lipinski definition) is 1. The number of nitrogens with zero attached hydrogens (tertiary/aromatic N) is 2. The van der Waals surface area contributed by atoms with Crippen LogP contribution in [0.5, 0.6) is 0 Å². The number of halogens is 3. The Balaban J connectivity index is 2.57. The Hall–Kier alpha value is -2.11. The van der Waals surface area contributed by atoms with Crippen molar-refractivity contribution >= 4 is 5.95 Å². The largest absolute Gasteiger partial charge is 0.433 e. The highest BCUT2D eigenvalue weighted by molar-refractivity contribution is 5.61. The lowest BCUT2D eigenvalue weighted by Gasteiger charge is -2.10. The van der Waals surface area contributed by atoms with E-state index in [1.807, 2.05) is 13.0 Å². The fourth-order valence-corrected chi connectivity index (χ4v) is 1.66. The highest BCUT2D eigenvalue weighted by Gasteiger charge is 2.33. The van der Waals surface area contributed by atoms with Crippen LogP contribution in [0.3, 0.4) is 0 Å². The normalized spacial score (nSPS) is 11.4. The standard InChI is InChI=1S/C13H12F3N3/c1-8-4-3-5-9(6-8)10-7-11(13(14,15)16)19-12(17-2)18-10/h3-7H,1-2H3,(H,17,18,19). The van der Waals surface area contributed by atoms with Gasteiger partial charge in [0.05, 0.1) is 5.69 Å². The van der Waals surface area contributed by atoms with E-state index in [0.29, 0.717) is 5.56 Å². The first-order valence-corrected chi connectivity index (χ1v) is 5.61. The van der Waals surface area contributed by atoms with Gasteiger partial charge in [0.2, 0.25) is 5.95 Å². The smallest absolute Gasteiger partial charge is 0.357 e. The summed E-state index contributed by atoms with van der Waals surface area (Å²) in [5.74, 6) is -0.0497. The average molecular weight is 267 g/mol. The van der Waals surface area contributed by atoms with Crippen LogP contribution >= 0.6 is 0 Å². The van der Waals surface area contributed by atoms with Crippen LogP contribution in [-0.2, 0) is 6.18 Å². The average Bonchev–Trinajstić information content (AvgIpc) is 2.37. The Morgan fingerprint density at radius 1 is 1.11 bits per heavy atom. The maximum absolute atomic E-state index is 12.8. The number of rotatable bonds is 2. The van der Waals surface area contributed by atoms with Crippen LogP contribution in [0, 0.1) is 6.92 Å². The van der Waals surface area contributed by atoms with Crippen LogP contribution in [0.2, 0.25) is 0 Å². The Labute approximate surface area is 108 Å². The van der Waals surface area contributed by atoms with E-state index in [9.17, 15) is 13.2 Å². The molecule has 0 aliphatic heterocycles. The summed E-state index contributed by atoms with van der Waals surface area (Å²) >= 11 is 0. The minimum Gasteiger partial charge on any atom is -0.357 e. The molecular weight excluding hydrogens is 255 g/mol. The molecule has 0 aliphatic carbocycles. The third-order valence-corrected chi connectivity index (χ3v) is 2.55. The minimum atomic E-state index is -4.49. The molecular formula is C13H12F3N3. The van der Waals surface area contributed by atoms with Gasteiger partial charge in [-0.3, -0.25) is 0 Å². The second-order valence-electron chi connectivity index (χ2n) is 4.08. The number of nitrogens with one attached hydrogen (secondary N) is 1. The van der Waals surface area contributed by atoms with Gasteiger partial charge in [-0.25, -0.2) is 9.97 Å². The molecule has 0 fully saturated rings. The predicted molar refractivity (Wildman–Crippen MR) is 66.8 cm³/mol. The summed E-state index contributed by atoms with van der Waals surface area (Å²) in [4.78, 5) is 7.48. The van der Waals surface area contributed by atoms with E-state index < -0.39 is 11.9 Å². The van der Waals surface area contributed by atoms with E-state index in [4.69, 9.17) is 0 Å². The second-order valence-corrected chi connectivity index (χ2v) is 4.08. The molecule has 19 heavy (non-hydrogen) atoms. The molecule has 6 heteroatoms. The minimum absolute atomic E-state index is 0.0497. The van der Waals surface area contributed by atoms with Crippen LogP contribution < -0.4 is 5.32 Å². The second kappa shape index (κ2) is 4.87. The van der Waals surface area contributed by atoms with Gasteiger partial charge >= 0.3 is 6.18 Å². The molecule has 0 spiro atoms. The zero-order valence-corrected chi connectivity index (χ0v) is 10.4. The van der Waals surface area contributed by atoms with E-state index in [1.165, 1.54) is 7.05 Å².